The second-order valence-corrected chi connectivity index (χ2v) is 7.68. The standard InChI is InChI=1S/C18H23ClS/c1-2-5-13-8-9-17(19)14(10-13)11-15-12-20-18-7-4-3-6-16(15)18/h3-4,6-7,12-14,17H,2,5,8-11H2,1H3. The van der Waals surface area contributed by atoms with Gasteiger partial charge in [-0.1, -0.05) is 38.0 Å². The van der Waals surface area contributed by atoms with Crippen molar-refractivity contribution in [2.24, 2.45) is 11.8 Å². The van der Waals surface area contributed by atoms with E-state index in [2.05, 4.69) is 36.6 Å². The molecule has 3 atom stereocenters. The minimum Gasteiger partial charge on any atom is -0.144 e. The number of hydrogen-bond donors (Lipinski definition) is 0. The van der Waals surface area contributed by atoms with Gasteiger partial charge in [0.15, 0.2) is 0 Å². The zero-order chi connectivity index (χ0) is 13.9. The highest BCUT2D eigenvalue weighted by molar-refractivity contribution is 7.17. The fourth-order valence-electron chi connectivity index (χ4n) is 3.68. The molecule has 1 fully saturated rings. The van der Waals surface area contributed by atoms with Crippen LogP contribution >= 0.6 is 22.9 Å². The highest BCUT2D eigenvalue weighted by atomic mass is 35.5. The van der Waals surface area contributed by atoms with Crippen LogP contribution in [-0.2, 0) is 6.42 Å². The molecular weight excluding hydrogens is 284 g/mol. The first-order valence-corrected chi connectivity index (χ1v) is 9.18. The van der Waals surface area contributed by atoms with Crippen molar-refractivity contribution in [1.29, 1.82) is 0 Å². The first-order valence-electron chi connectivity index (χ1n) is 7.87. The molecular formula is C18H23ClS. The molecule has 1 aliphatic rings. The molecule has 0 bridgehead atoms. The number of halogens is 1. The van der Waals surface area contributed by atoms with Crippen molar-refractivity contribution in [2.45, 2.75) is 50.8 Å². The second-order valence-electron chi connectivity index (χ2n) is 6.21. The molecule has 0 spiro atoms. The summed E-state index contributed by atoms with van der Waals surface area (Å²) in [6.45, 7) is 2.30. The Hall–Kier alpha value is -0.530. The average Bonchev–Trinajstić information content (AvgIpc) is 2.86. The zero-order valence-corrected chi connectivity index (χ0v) is 13.7. The highest BCUT2D eigenvalue weighted by Gasteiger charge is 2.29. The molecule has 2 aromatic rings. The van der Waals surface area contributed by atoms with Crippen molar-refractivity contribution in [3.8, 4) is 0 Å². The molecule has 0 nitrogen and oxygen atoms in total. The SMILES string of the molecule is CCCC1CCC(Cl)C(Cc2csc3ccccc23)C1. The third-order valence-electron chi connectivity index (χ3n) is 4.74. The third-order valence-corrected chi connectivity index (χ3v) is 6.33. The largest absolute Gasteiger partial charge is 0.144 e. The summed E-state index contributed by atoms with van der Waals surface area (Å²) in [5.74, 6) is 1.57. The van der Waals surface area contributed by atoms with Crippen molar-refractivity contribution in [2.75, 3.05) is 0 Å². The quantitative estimate of drug-likeness (QED) is 0.584. The van der Waals surface area contributed by atoms with Crippen LogP contribution in [0.4, 0.5) is 0 Å². The van der Waals surface area contributed by atoms with E-state index in [4.69, 9.17) is 11.6 Å². The van der Waals surface area contributed by atoms with Gasteiger partial charge in [-0.3, -0.25) is 0 Å². The van der Waals surface area contributed by atoms with E-state index in [0.29, 0.717) is 11.3 Å². The van der Waals surface area contributed by atoms with E-state index in [1.54, 1.807) is 0 Å². The van der Waals surface area contributed by atoms with E-state index in [-0.39, 0.29) is 0 Å². The molecule has 0 aliphatic heterocycles. The maximum absolute atomic E-state index is 6.62. The van der Waals surface area contributed by atoms with Crippen LogP contribution < -0.4 is 0 Å². The molecule has 20 heavy (non-hydrogen) atoms. The van der Waals surface area contributed by atoms with Crippen molar-refractivity contribution in [3.05, 3.63) is 35.2 Å². The van der Waals surface area contributed by atoms with Crippen molar-refractivity contribution in [3.63, 3.8) is 0 Å². The van der Waals surface area contributed by atoms with Gasteiger partial charge in [-0.15, -0.1) is 22.9 Å². The highest BCUT2D eigenvalue weighted by Crippen LogP contribution is 2.38. The first-order chi connectivity index (χ1) is 9.78. The van der Waals surface area contributed by atoms with Crippen molar-refractivity contribution < 1.29 is 0 Å². The van der Waals surface area contributed by atoms with Gasteiger partial charge in [-0.05, 0) is 59.9 Å². The minimum absolute atomic E-state index is 0.377. The Morgan fingerprint density at radius 3 is 2.95 bits per heavy atom. The summed E-state index contributed by atoms with van der Waals surface area (Å²) >= 11 is 8.49. The smallest absolute Gasteiger partial charge is 0.0367 e. The molecule has 2 heteroatoms. The van der Waals surface area contributed by atoms with Crippen LogP contribution in [0.5, 0.6) is 0 Å². The Morgan fingerprint density at radius 1 is 1.25 bits per heavy atom. The van der Waals surface area contributed by atoms with Crippen LogP contribution in [0.1, 0.15) is 44.6 Å². The summed E-state index contributed by atoms with van der Waals surface area (Å²) in [6.07, 6.45) is 7.72. The lowest BCUT2D eigenvalue weighted by Crippen LogP contribution is -2.27. The third kappa shape index (κ3) is 3.04. The Labute approximate surface area is 131 Å². The van der Waals surface area contributed by atoms with E-state index in [1.807, 2.05) is 11.3 Å². The molecule has 0 amide bonds. The Bertz CT molecular complexity index is 559. The van der Waals surface area contributed by atoms with Gasteiger partial charge in [-0.2, -0.15) is 0 Å². The molecule has 0 N–H and O–H groups in total. The molecule has 108 valence electrons. The summed E-state index contributed by atoms with van der Waals surface area (Å²) in [4.78, 5) is 0. The van der Waals surface area contributed by atoms with Crippen LogP contribution in [0, 0.1) is 11.8 Å². The van der Waals surface area contributed by atoms with E-state index in [0.717, 1.165) is 5.92 Å². The predicted octanol–water partition coefficient (Wildman–Crippen LogP) is 6.27. The van der Waals surface area contributed by atoms with E-state index in [1.165, 1.54) is 54.2 Å². The topological polar surface area (TPSA) is 0 Å². The molecule has 1 aromatic carbocycles. The molecule has 1 heterocycles. The van der Waals surface area contributed by atoms with Crippen LogP contribution in [-0.4, -0.2) is 5.38 Å². The van der Waals surface area contributed by atoms with Gasteiger partial charge in [0.1, 0.15) is 0 Å². The average molecular weight is 307 g/mol. The Morgan fingerprint density at radius 2 is 2.10 bits per heavy atom. The zero-order valence-electron chi connectivity index (χ0n) is 12.1. The van der Waals surface area contributed by atoms with E-state index < -0.39 is 0 Å². The molecule has 0 saturated heterocycles. The van der Waals surface area contributed by atoms with Crippen LogP contribution in [0.2, 0.25) is 0 Å². The first kappa shape index (κ1) is 14.4. The summed E-state index contributed by atoms with van der Waals surface area (Å²) in [6, 6.07) is 8.77. The molecule has 0 radical (unpaired) electrons. The number of fused-ring (bicyclic) bond motifs is 1. The summed E-state index contributed by atoms with van der Waals surface area (Å²) in [7, 11) is 0. The van der Waals surface area contributed by atoms with Crippen LogP contribution in [0.15, 0.2) is 29.6 Å². The fraction of sp³-hybridized carbons (Fsp3) is 0.556. The van der Waals surface area contributed by atoms with Gasteiger partial charge in [0, 0.05) is 10.1 Å². The van der Waals surface area contributed by atoms with Crippen molar-refractivity contribution >= 4 is 33.0 Å². The fourth-order valence-corrected chi connectivity index (χ4v) is 4.97. The number of rotatable bonds is 4. The Balaban J connectivity index is 1.75. The van der Waals surface area contributed by atoms with Gasteiger partial charge in [0.25, 0.3) is 0 Å². The normalized spacial score (nSPS) is 27.0. The van der Waals surface area contributed by atoms with E-state index >= 15 is 0 Å². The van der Waals surface area contributed by atoms with Gasteiger partial charge < -0.3 is 0 Å². The molecule has 1 saturated carbocycles. The lowest BCUT2D eigenvalue weighted by molar-refractivity contribution is 0.257. The van der Waals surface area contributed by atoms with Gasteiger partial charge in [0.05, 0.1) is 0 Å². The number of thiophene rings is 1. The van der Waals surface area contributed by atoms with E-state index in [9.17, 15) is 0 Å². The number of benzene rings is 1. The minimum atomic E-state index is 0.377. The molecule has 1 aliphatic carbocycles. The lowest BCUT2D eigenvalue weighted by Gasteiger charge is -2.33. The second kappa shape index (κ2) is 6.49. The molecule has 1 aromatic heterocycles. The van der Waals surface area contributed by atoms with Gasteiger partial charge in [0.2, 0.25) is 0 Å². The van der Waals surface area contributed by atoms with Gasteiger partial charge >= 0.3 is 0 Å². The molecule has 3 unspecified atom stereocenters. The van der Waals surface area contributed by atoms with Crippen LogP contribution in [0.25, 0.3) is 10.1 Å². The van der Waals surface area contributed by atoms with Gasteiger partial charge in [-0.25, -0.2) is 0 Å². The summed E-state index contributed by atoms with van der Waals surface area (Å²) < 4.78 is 1.41. The lowest BCUT2D eigenvalue weighted by atomic mass is 9.76. The maximum atomic E-state index is 6.62. The predicted molar refractivity (Wildman–Crippen MR) is 90.9 cm³/mol. The summed E-state index contributed by atoms with van der Waals surface area (Å²) in [5, 5.41) is 4.17. The molecule has 3 rings (SSSR count). The number of alkyl halides is 1. The van der Waals surface area contributed by atoms with Crippen molar-refractivity contribution in [1.82, 2.24) is 0 Å². The number of hydrogen-bond acceptors (Lipinski definition) is 1. The Kier molecular flexibility index (Phi) is 4.68. The maximum Gasteiger partial charge on any atom is 0.0367 e. The van der Waals surface area contributed by atoms with Crippen LogP contribution in [0.3, 0.4) is 0 Å². The summed E-state index contributed by atoms with van der Waals surface area (Å²) in [5.41, 5.74) is 1.51. The monoisotopic (exact) mass is 306 g/mol.